The number of nitrogens with zero attached hydrogens (tertiary/aromatic N) is 4. The molecule has 0 fully saturated rings. The summed E-state index contributed by atoms with van der Waals surface area (Å²) in [5, 5.41) is 33.5. The Kier molecular flexibility index (Phi) is 12.0. The van der Waals surface area contributed by atoms with Gasteiger partial charge in [0.15, 0.2) is 11.6 Å². The van der Waals surface area contributed by atoms with Crippen LogP contribution in [0.5, 0.6) is 0 Å². The predicted molar refractivity (Wildman–Crippen MR) is 234 cm³/mol. The maximum Gasteiger partial charge on any atom is 0.255 e. The Labute approximate surface area is 337 Å². The van der Waals surface area contributed by atoms with Gasteiger partial charge >= 0.3 is 0 Å². The monoisotopic (exact) mass is 764 g/mol. The molecular formula is C48H44N8O2. The molecule has 0 bridgehead atoms. The molecule has 2 heterocycles. The second-order valence-electron chi connectivity index (χ2n) is 14.1. The van der Waals surface area contributed by atoms with Crippen molar-refractivity contribution in [2.24, 2.45) is 0 Å². The van der Waals surface area contributed by atoms with Crippen LogP contribution in [-0.4, -0.2) is 32.2 Å². The number of aromatic nitrogens is 4. The van der Waals surface area contributed by atoms with Crippen molar-refractivity contribution in [1.82, 2.24) is 20.4 Å². The van der Waals surface area contributed by atoms with Crippen LogP contribution >= 0.6 is 0 Å². The number of fused-ring (bicyclic) bond motifs is 2. The fourth-order valence-electron chi connectivity index (χ4n) is 6.53. The van der Waals surface area contributed by atoms with Gasteiger partial charge in [-0.2, -0.15) is 10.2 Å². The number of benzene rings is 6. The smallest absolute Gasteiger partial charge is 0.255 e. The van der Waals surface area contributed by atoms with Crippen LogP contribution in [0.25, 0.3) is 21.5 Å². The summed E-state index contributed by atoms with van der Waals surface area (Å²) in [6.07, 6.45) is 0. The summed E-state index contributed by atoms with van der Waals surface area (Å²) in [5.41, 5.74) is 8.85. The Morgan fingerprint density at radius 3 is 1.38 bits per heavy atom. The summed E-state index contributed by atoms with van der Waals surface area (Å²) in [6.45, 7) is 9.10. The molecule has 4 N–H and O–H groups in total. The number of hydrogen-bond donors (Lipinski definition) is 4. The minimum absolute atomic E-state index is 0.146. The molecule has 58 heavy (non-hydrogen) atoms. The normalized spacial score (nSPS) is 10.7. The van der Waals surface area contributed by atoms with E-state index < -0.39 is 0 Å². The molecular weight excluding hydrogens is 721 g/mol. The first-order valence-corrected chi connectivity index (χ1v) is 19.1. The lowest BCUT2D eigenvalue weighted by Crippen LogP contribution is -2.12. The van der Waals surface area contributed by atoms with Crippen LogP contribution in [0.1, 0.15) is 54.4 Å². The Hall–Kier alpha value is -7.46. The average Bonchev–Trinajstić information content (AvgIpc) is 3.24. The van der Waals surface area contributed by atoms with Crippen molar-refractivity contribution in [2.75, 3.05) is 21.3 Å². The molecule has 0 atom stereocenters. The highest BCUT2D eigenvalue weighted by Gasteiger charge is 2.14. The van der Waals surface area contributed by atoms with Gasteiger partial charge in [0.1, 0.15) is 0 Å². The average molecular weight is 765 g/mol. The quantitative estimate of drug-likeness (QED) is 0.108. The summed E-state index contributed by atoms with van der Waals surface area (Å²) in [6, 6.07) is 47.0. The van der Waals surface area contributed by atoms with Crippen LogP contribution in [0.2, 0.25) is 0 Å². The Balaban J connectivity index is 0.000000177. The number of nitrogens with one attached hydrogen (secondary N) is 4. The van der Waals surface area contributed by atoms with Crippen molar-refractivity contribution in [3.63, 3.8) is 0 Å². The molecule has 10 heteroatoms. The Bertz CT molecular complexity index is 2720. The van der Waals surface area contributed by atoms with Crippen LogP contribution in [0.15, 0.2) is 146 Å². The zero-order valence-electron chi connectivity index (χ0n) is 32.9. The van der Waals surface area contributed by atoms with E-state index >= 15 is 0 Å². The van der Waals surface area contributed by atoms with Gasteiger partial charge in [0, 0.05) is 57.1 Å². The number of aryl methyl sites for hydroxylation is 4. The maximum absolute atomic E-state index is 12.8. The zero-order valence-corrected chi connectivity index (χ0v) is 32.9. The summed E-state index contributed by atoms with van der Waals surface area (Å²) in [4.78, 5) is 25.5. The van der Waals surface area contributed by atoms with Crippen LogP contribution in [0.3, 0.4) is 0 Å². The van der Waals surface area contributed by atoms with Gasteiger partial charge in [-0.1, -0.05) is 91.0 Å². The highest BCUT2D eigenvalue weighted by Crippen LogP contribution is 2.27. The minimum Gasteiger partial charge on any atom is -0.364 e. The van der Waals surface area contributed by atoms with Crippen molar-refractivity contribution < 1.29 is 9.59 Å². The first-order valence-electron chi connectivity index (χ1n) is 19.1. The molecule has 0 spiro atoms. The van der Waals surface area contributed by atoms with Crippen molar-refractivity contribution >= 4 is 56.4 Å². The fraction of sp³-hybridized carbons (Fsp3) is 0.125. The van der Waals surface area contributed by atoms with E-state index in [0.29, 0.717) is 35.9 Å². The molecule has 0 unspecified atom stereocenters. The van der Waals surface area contributed by atoms with Gasteiger partial charge in [0.2, 0.25) is 0 Å². The molecule has 0 saturated carbocycles. The van der Waals surface area contributed by atoms with Crippen LogP contribution in [-0.2, 0) is 13.1 Å². The molecule has 0 saturated heterocycles. The Morgan fingerprint density at radius 2 is 0.879 bits per heavy atom. The first kappa shape index (κ1) is 38.8. The number of rotatable bonds is 10. The third kappa shape index (κ3) is 9.66. The summed E-state index contributed by atoms with van der Waals surface area (Å²) in [5.74, 6) is 1.08. The largest absolute Gasteiger partial charge is 0.364 e. The molecule has 0 aliphatic heterocycles. The SMILES string of the molecule is Cc1cccc(NC(=O)c2ccc3c(C)nnc(NCc4ccccc4)c3c2)c1.Cc1cccc(NC(=O)c2ccc3c(NCc4ccccc4)nnc(C)c3c2)c1. The second kappa shape index (κ2) is 18.0. The van der Waals surface area contributed by atoms with Gasteiger partial charge in [-0.15, -0.1) is 10.2 Å². The van der Waals surface area contributed by atoms with E-state index in [1.54, 1.807) is 0 Å². The highest BCUT2D eigenvalue weighted by molar-refractivity contribution is 6.08. The summed E-state index contributed by atoms with van der Waals surface area (Å²) >= 11 is 0. The molecule has 0 radical (unpaired) electrons. The van der Waals surface area contributed by atoms with Crippen molar-refractivity contribution in [3.05, 3.63) is 190 Å². The fourth-order valence-corrected chi connectivity index (χ4v) is 6.53. The second-order valence-corrected chi connectivity index (χ2v) is 14.1. The molecule has 6 aromatic carbocycles. The topological polar surface area (TPSA) is 134 Å². The molecule has 2 aromatic heterocycles. The van der Waals surface area contributed by atoms with Gasteiger partial charge in [-0.25, -0.2) is 0 Å². The van der Waals surface area contributed by atoms with E-state index in [-0.39, 0.29) is 11.8 Å². The lowest BCUT2D eigenvalue weighted by Gasteiger charge is -2.11. The van der Waals surface area contributed by atoms with Gasteiger partial charge in [-0.05, 0) is 105 Å². The molecule has 10 nitrogen and oxygen atoms in total. The molecule has 8 rings (SSSR count). The molecule has 0 aliphatic rings. The summed E-state index contributed by atoms with van der Waals surface area (Å²) in [7, 11) is 0. The number of anilines is 4. The van der Waals surface area contributed by atoms with Crippen molar-refractivity contribution in [2.45, 2.75) is 40.8 Å². The van der Waals surface area contributed by atoms with E-state index in [9.17, 15) is 9.59 Å². The lowest BCUT2D eigenvalue weighted by molar-refractivity contribution is 0.101. The first-order chi connectivity index (χ1) is 28.2. The third-order valence-corrected chi connectivity index (χ3v) is 9.61. The highest BCUT2D eigenvalue weighted by atomic mass is 16.2. The molecule has 288 valence electrons. The van der Waals surface area contributed by atoms with Gasteiger partial charge in [-0.3, -0.25) is 9.59 Å². The molecule has 2 amide bonds. The predicted octanol–water partition coefficient (Wildman–Crippen LogP) is 10.2. The van der Waals surface area contributed by atoms with E-state index in [2.05, 4.69) is 65.9 Å². The minimum atomic E-state index is -0.152. The molecule has 8 aromatic rings. The molecule has 0 aliphatic carbocycles. The number of amides is 2. The lowest BCUT2D eigenvalue weighted by atomic mass is 10.1. The van der Waals surface area contributed by atoms with E-state index in [4.69, 9.17) is 0 Å². The van der Waals surface area contributed by atoms with Crippen LogP contribution in [0.4, 0.5) is 23.0 Å². The number of hydrogen-bond acceptors (Lipinski definition) is 8. The maximum atomic E-state index is 12.8. The van der Waals surface area contributed by atoms with Crippen molar-refractivity contribution in [3.8, 4) is 0 Å². The third-order valence-electron chi connectivity index (χ3n) is 9.61. The Morgan fingerprint density at radius 1 is 0.431 bits per heavy atom. The van der Waals surface area contributed by atoms with Crippen LogP contribution in [0, 0.1) is 27.7 Å². The summed E-state index contributed by atoms with van der Waals surface area (Å²) < 4.78 is 0. The van der Waals surface area contributed by atoms with Gasteiger partial charge in [0.05, 0.1) is 11.4 Å². The van der Waals surface area contributed by atoms with Gasteiger partial charge < -0.3 is 21.3 Å². The van der Waals surface area contributed by atoms with E-state index in [1.807, 2.05) is 149 Å². The van der Waals surface area contributed by atoms with E-state index in [0.717, 1.165) is 66.6 Å². The van der Waals surface area contributed by atoms with Gasteiger partial charge in [0.25, 0.3) is 11.8 Å². The standard InChI is InChI=1S/2C24H22N4O/c1-16-7-6-10-20(13-16)26-24(29)19-11-12-21-22(14-19)17(2)27-28-23(21)25-15-18-8-4-3-5-9-18;1-16-7-6-10-20(13-16)26-24(29)19-11-12-21-17(2)27-28-23(22(21)14-19)25-15-18-8-4-3-5-9-18/h2*3-14H,15H2,1-2H3,(H,25,28)(H,26,29). The zero-order chi connectivity index (χ0) is 40.4. The number of carbonyl (C=O) groups excluding carboxylic acids is 2. The van der Waals surface area contributed by atoms with E-state index in [1.165, 1.54) is 0 Å². The van der Waals surface area contributed by atoms with Crippen molar-refractivity contribution in [1.29, 1.82) is 0 Å². The van der Waals surface area contributed by atoms with Crippen LogP contribution < -0.4 is 21.3 Å². The number of carbonyl (C=O) groups is 2.